The highest BCUT2D eigenvalue weighted by Crippen LogP contribution is 2.48. The van der Waals surface area contributed by atoms with Gasteiger partial charge in [0.2, 0.25) is 0 Å². The minimum absolute atomic E-state index is 0.125. The maximum atomic E-state index is 10.9. The fourth-order valence-electron chi connectivity index (χ4n) is 4.21. The topological polar surface area (TPSA) is 73.2 Å². The molecule has 0 unspecified atom stereocenters. The fourth-order valence-corrected chi connectivity index (χ4v) is 4.21. The van der Waals surface area contributed by atoms with Crippen molar-refractivity contribution in [3.8, 4) is 28.7 Å². The number of benzene rings is 4. The van der Waals surface area contributed by atoms with E-state index in [9.17, 15) is 15.3 Å². The van der Waals surface area contributed by atoms with Crippen LogP contribution in [0.25, 0.3) is 0 Å². The van der Waals surface area contributed by atoms with Crippen molar-refractivity contribution in [1.29, 1.82) is 0 Å². The lowest BCUT2D eigenvalue weighted by molar-refractivity contribution is 0.447. The van der Waals surface area contributed by atoms with Crippen LogP contribution < -0.4 is 9.64 Å². The number of anilines is 3. The molecule has 5 nitrogen and oxygen atoms in total. The highest BCUT2D eigenvalue weighted by atomic mass is 16.5. The van der Waals surface area contributed by atoms with Crippen LogP contribution in [0.2, 0.25) is 0 Å². The van der Waals surface area contributed by atoms with Crippen LogP contribution in [0.5, 0.6) is 28.7 Å². The van der Waals surface area contributed by atoms with Crippen LogP contribution in [0.15, 0.2) is 60.7 Å². The molecule has 0 amide bonds. The summed E-state index contributed by atoms with van der Waals surface area (Å²) < 4.78 is 6.07. The van der Waals surface area contributed by atoms with Crippen molar-refractivity contribution >= 4 is 17.1 Å². The zero-order valence-corrected chi connectivity index (χ0v) is 21.0. The minimum Gasteiger partial charge on any atom is -0.508 e. The Morgan fingerprint density at radius 3 is 1.60 bits per heavy atom. The van der Waals surface area contributed by atoms with Crippen LogP contribution in [-0.2, 0) is 0 Å². The van der Waals surface area contributed by atoms with Gasteiger partial charge in [0.1, 0.15) is 28.7 Å². The third-order valence-electron chi connectivity index (χ3n) is 6.61. The normalized spacial score (nSPS) is 10.9. The average Bonchev–Trinajstić information content (AvgIpc) is 2.82. The molecular formula is C30H31NO4. The van der Waals surface area contributed by atoms with E-state index in [2.05, 4.69) is 0 Å². The van der Waals surface area contributed by atoms with E-state index >= 15 is 0 Å². The van der Waals surface area contributed by atoms with Gasteiger partial charge in [-0.1, -0.05) is 12.1 Å². The van der Waals surface area contributed by atoms with Crippen LogP contribution in [-0.4, -0.2) is 15.3 Å². The number of aromatic hydroxyl groups is 3. The SMILES string of the molecule is Cc1cc(O)c(C)c(Oc2ccc(N(c3c(O)ccc(C)c3C)c3c(O)ccc(C)c3C)cc2)c1. The van der Waals surface area contributed by atoms with Crippen molar-refractivity contribution in [3.63, 3.8) is 0 Å². The maximum absolute atomic E-state index is 10.9. The second kappa shape index (κ2) is 9.26. The second-order valence-electron chi connectivity index (χ2n) is 9.09. The third-order valence-corrected chi connectivity index (χ3v) is 6.61. The zero-order valence-electron chi connectivity index (χ0n) is 21.0. The van der Waals surface area contributed by atoms with Gasteiger partial charge in [-0.25, -0.2) is 0 Å². The van der Waals surface area contributed by atoms with Crippen molar-refractivity contribution < 1.29 is 20.1 Å². The Labute approximate surface area is 206 Å². The quantitative estimate of drug-likeness (QED) is 0.277. The van der Waals surface area contributed by atoms with Crippen molar-refractivity contribution in [2.45, 2.75) is 41.5 Å². The van der Waals surface area contributed by atoms with E-state index in [1.807, 2.05) is 88.9 Å². The molecule has 0 saturated carbocycles. The van der Waals surface area contributed by atoms with Gasteiger partial charge < -0.3 is 25.0 Å². The Kier molecular flexibility index (Phi) is 6.35. The summed E-state index contributed by atoms with van der Waals surface area (Å²) in [6.45, 7) is 11.6. The summed E-state index contributed by atoms with van der Waals surface area (Å²) in [6.07, 6.45) is 0. The molecule has 0 heterocycles. The zero-order chi connectivity index (χ0) is 25.4. The molecule has 4 aromatic carbocycles. The highest BCUT2D eigenvalue weighted by Gasteiger charge is 2.24. The molecule has 180 valence electrons. The summed E-state index contributed by atoms with van der Waals surface area (Å²) in [5, 5.41) is 32.0. The molecule has 3 N–H and O–H groups in total. The molecule has 4 aromatic rings. The van der Waals surface area contributed by atoms with Crippen molar-refractivity contribution in [2.75, 3.05) is 4.90 Å². The van der Waals surface area contributed by atoms with Gasteiger partial charge in [0.15, 0.2) is 0 Å². The molecular weight excluding hydrogens is 438 g/mol. The Bertz CT molecular complexity index is 1350. The predicted molar refractivity (Wildman–Crippen MR) is 141 cm³/mol. The Morgan fingerprint density at radius 2 is 1.09 bits per heavy atom. The number of rotatable bonds is 5. The monoisotopic (exact) mass is 469 g/mol. The molecule has 0 spiro atoms. The molecule has 4 rings (SSSR count). The number of phenolic OH excluding ortho intramolecular Hbond substituents is 3. The lowest BCUT2D eigenvalue weighted by Gasteiger charge is -2.30. The number of phenols is 3. The van der Waals surface area contributed by atoms with E-state index in [0.29, 0.717) is 28.4 Å². The summed E-state index contributed by atoms with van der Waals surface area (Å²) in [6, 6.07) is 18.2. The molecule has 0 fully saturated rings. The average molecular weight is 470 g/mol. The van der Waals surface area contributed by atoms with Gasteiger partial charge >= 0.3 is 0 Å². The van der Waals surface area contributed by atoms with Crippen LogP contribution in [0.1, 0.15) is 33.4 Å². The molecule has 0 aliphatic carbocycles. The molecule has 5 heteroatoms. The Hall–Kier alpha value is -4.12. The number of ether oxygens (including phenoxy) is 1. The van der Waals surface area contributed by atoms with Gasteiger partial charge in [-0.2, -0.15) is 0 Å². The summed E-state index contributed by atoms with van der Waals surface area (Å²) >= 11 is 0. The molecule has 0 bridgehead atoms. The summed E-state index contributed by atoms with van der Waals surface area (Å²) in [4.78, 5) is 1.89. The smallest absolute Gasteiger partial charge is 0.139 e. The van der Waals surface area contributed by atoms with Gasteiger partial charge in [-0.15, -0.1) is 0 Å². The standard InChI is InChI=1S/C30H31NO4/c1-17-15-27(34)22(6)28(16-17)35-24-11-9-23(10-12-24)31(29-20(4)18(2)7-13-25(29)32)30-21(5)19(3)8-14-26(30)33/h7-16,32-34H,1-6H3. The summed E-state index contributed by atoms with van der Waals surface area (Å²) in [5.74, 6) is 1.64. The largest absolute Gasteiger partial charge is 0.508 e. The maximum Gasteiger partial charge on any atom is 0.139 e. The van der Waals surface area contributed by atoms with Gasteiger partial charge in [-0.3, -0.25) is 0 Å². The number of aryl methyl sites for hydroxylation is 3. The first kappa shape index (κ1) is 24.0. The molecule has 0 radical (unpaired) electrons. The van der Waals surface area contributed by atoms with Gasteiger partial charge in [0.05, 0.1) is 11.4 Å². The van der Waals surface area contributed by atoms with Crippen LogP contribution in [0.4, 0.5) is 17.1 Å². The summed E-state index contributed by atoms with van der Waals surface area (Å²) in [7, 11) is 0. The van der Waals surface area contributed by atoms with E-state index in [0.717, 1.165) is 33.5 Å². The summed E-state index contributed by atoms with van der Waals surface area (Å²) in [5.41, 5.74) is 7.44. The number of nitrogens with zero attached hydrogens (tertiary/aromatic N) is 1. The Morgan fingerprint density at radius 1 is 0.571 bits per heavy atom. The third kappa shape index (κ3) is 4.50. The predicted octanol–water partition coefficient (Wildman–Crippen LogP) is 7.92. The molecule has 0 aromatic heterocycles. The van der Waals surface area contributed by atoms with E-state index < -0.39 is 0 Å². The van der Waals surface area contributed by atoms with E-state index in [1.54, 1.807) is 18.2 Å². The Balaban J connectivity index is 1.85. The molecule has 35 heavy (non-hydrogen) atoms. The van der Waals surface area contributed by atoms with E-state index in [-0.39, 0.29) is 17.2 Å². The molecule has 0 saturated heterocycles. The number of hydrogen-bond acceptors (Lipinski definition) is 5. The molecule has 0 atom stereocenters. The molecule has 0 aliphatic rings. The van der Waals surface area contributed by atoms with Crippen LogP contribution in [0, 0.1) is 41.5 Å². The number of hydrogen-bond donors (Lipinski definition) is 3. The van der Waals surface area contributed by atoms with Crippen LogP contribution in [0.3, 0.4) is 0 Å². The second-order valence-corrected chi connectivity index (χ2v) is 9.09. The first-order chi connectivity index (χ1) is 16.6. The van der Waals surface area contributed by atoms with E-state index in [1.165, 1.54) is 0 Å². The van der Waals surface area contributed by atoms with Crippen LogP contribution >= 0.6 is 0 Å². The first-order valence-corrected chi connectivity index (χ1v) is 11.5. The van der Waals surface area contributed by atoms with Gasteiger partial charge in [-0.05, 0) is 118 Å². The van der Waals surface area contributed by atoms with Crippen molar-refractivity contribution in [1.82, 2.24) is 0 Å². The van der Waals surface area contributed by atoms with Crippen molar-refractivity contribution in [2.24, 2.45) is 0 Å². The highest BCUT2D eigenvalue weighted by molar-refractivity contribution is 5.87. The minimum atomic E-state index is 0.125. The lowest BCUT2D eigenvalue weighted by Crippen LogP contribution is -2.14. The fraction of sp³-hybridized carbons (Fsp3) is 0.200. The van der Waals surface area contributed by atoms with Gasteiger partial charge in [0, 0.05) is 11.3 Å². The lowest BCUT2D eigenvalue weighted by atomic mass is 10.0. The van der Waals surface area contributed by atoms with Gasteiger partial charge in [0.25, 0.3) is 0 Å². The van der Waals surface area contributed by atoms with Crippen molar-refractivity contribution in [3.05, 3.63) is 94.0 Å². The first-order valence-electron chi connectivity index (χ1n) is 11.5. The van der Waals surface area contributed by atoms with E-state index in [4.69, 9.17) is 4.74 Å². The molecule has 0 aliphatic heterocycles.